The molecule has 0 radical (unpaired) electrons. The lowest BCUT2D eigenvalue weighted by molar-refractivity contribution is 1.14. The second kappa shape index (κ2) is 6.08. The Morgan fingerprint density at radius 2 is 1.95 bits per heavy atom. The Morgan fingerprint density at radius 3 is 2.75 bits per heavy atom. The highest BCUT2D eigenvalue weighted by Gasteiger charge is 2.07. The summed E-state index contributed by atoms with van der Waals surface area (Å²) in [5.41, 5.74) is 3.25. The number of rotatable bonds is 3. The van der Waals surface area contributed by atoms with E-state index in [1.54, 1.807) is 11.3 Å². The Morgan fingerprint density at radius 1 is 1.10 bits per heavy atom. The molecule has 0 amide bonds. The van der Waals surface area contributed by atoms with Crippen molar-refractivity contribution in [2.75, 3.05) is 0 Å². The largest absolute Gasteiger partial charge is 0.241 e. The molecular weight excluding hydrogens is 354 g/mol. The van der Waals surface area contributed by atoms with E-state index in [1.807, 2.05) is 36.4 Å². The summed E-state index contributed by atoms with van der Waals surface area (Å²) in [6.07, 6.45) is 0.776. The van der Waals surface area contributed by atoms with Gasteiger partial charge in [0.25, 0.3) is 0 Å². The van der Waals surface area contributed by atoms with Crippen LogP contribution in [0.4, 0.5) is 0 Å². The smallest absolute Gasteiger partial charge is 0.0977 e. The van der Waals surface area contributed by atoms with E-state index in [1.165, 1.54) is 0 Å². The van der Waals surface area contributed by atoms with Crippen molar-refractivity contribution >= 4 is 38.9 Å². The molecule has 2 aromatic carbocycles. The van der Waals surface area contributed by atoms with Crippen molar-refractivity contribution in [1.29, 1.82) is 0 Å². The molecule has 0 spiro atoms. The van der Waals surface area contributed by atoms with Crippen LogP contribution < -0.4 is 0 Å². The van der Waals surface area contributed by atoms with Crippen LogP contribution in [0.25, 0.3) is 11.3 Å². The molecular formula is C16H11BrClNS. The fourth-order valence-corrected chi connectivity index (χ4v) is 3.41. The molecule has 0 aliphatic heterocycles. The van der Waals surface area contributed by atoms with Crippen molar-refractivity contribution < 1.29 is 0 Å². The highest BCUT2D eigenvalue weighted by atomic mass is 79.9. The highest BCUT2D eigenvalue weighted by molar-refractivity contribution is 9.10. The summed E-state index contributed by atoms with van der Waals surface area (Å²) in [4.78, 5) is 4.70. The van der Waals surface area contributed by atoms with Gasteiger partial charge in [-0.25, -0.2) is 4.98 Å². The highest BCUT2D eigenvalue weighted by Crippen LogP contribution is 2.27. The summed E-state index contributed by atoms with van der Waals surface area (Å²) in [5, 5.41) is 3.97. The van der Waals surface area contributed by atoms with Gasteiger partial charge in [0, 0.05) is 26.9 Å². The van der Waals surface area contributed by atoms with Gasteiger partial charge >= 0.3 is 0 Å². The lowest BCUT2D eigenvalue weighted by atomic mass is 10.1. The molecule has 100 valence electrons. The molecule has 0 aliphatic rings. The fourth-order valence-electron chi connectivity index (χ4n) is 1.98. The summed E-state index contributed by atoms with van der Waals surface area (Å²) in [6, 6.07) is 16.1. The number of thiazole rings is 1. The molecule has 0 aliphatic carbocycles. The van der Waals surface area contributed by atoms with E-state index in [2.05, 4.69) is 33.4 Å². The maximum absolute atomic E-state index is 6.19. The monoisotopic (exact) mass is 363 g/mol. The Kier molecular flexibility index (Phi) is 4.20. The van der Waals surface area contributed by atoms with E-state index in [9.17, 15) is 0 Å². The van der Waals surface area contributed by atoms with Crippen LogP contribution in [0.1, 0.15) is 10.6 Å². The molecule has 0 bridgehead atoms. The van der Waals surface area contributed by atoms with Gasteiger partial charge in [-0.15, -0.1) is 11.3 Å². The topological polar surface area (TPSA) is 12.9 Å². The minimum absolute atomic E-state index is 0.776. The molecule has 3 rings (SSSR count). The molecule has 0 fully saturated rings. The van der Waals surface area contributed by atoms with Gasteiger partial charge in [0.1, 0.15) is 0 Å². The van der Waals surface area contributed by atoms with Crippen LogP contribution in [0.5, 0.6) is 0 Å². The minimum Gasteiger partial charge on any atom is -0.241 e. The van der Waals surface area contributed by atoms with E-state index in [0.29, 0.717) is 0 Å². The summed E-state index contributed by atoms with van der Waals surface area (Å²) < 4.78 is 1.07. The van der Waals surface area contributed by atoms with Crippen molar-refractivity contribution in [3.63, 3.8) is 0 Å². The van der Waals surface area contributed by atoms with E-state index in [0.717, 1.165) is 37.7 Å². The third kappa shape index (κ3) is 3.11. The second-order valence-corrected chi connectivity index (χ2v) is 6.67. The number of hydrogen-bond acceptors (Lipinski definition) is 2. The summed E-state index contributed by atoms with van der Waals surface area (Å²) in [5.74, 6) is 0. The summed E-state index contributed by atoms with van der Waals surface area (Å²) in [7, 11) is 0. The quantitative estimate of drug-likeness (QED) is 0.571. The zero-order valence-corrected chi connectivity index (χ0v) is 13.7. The predicted octanol–water partition coefficient (Wildman–Crippen LogP) is 5.82. The zero-order valence-electron chi connectivity index (χ0n) is 10.5. The van der Waals surface area contributed by atoms with Gasteiger partial charge < -0.3 is 0 Å². The number of nitrogens with zero attached hydrogens (tertiary/aromatic N) is 1. The Hall–Kier alpha value is -1.16. The predicted molar refractivity (Wildman–Crippen MR) is 89.5 cm³/mol. The van der Waals surface area contributed by atoms with Crippen molar-refractivity contribution in [3.8, 4) is 11.3 Å². The first-order chi connectivity index (χ1) is 9.72. The Labute approximate surface area is 135 Å². The lowest BCUT2D eigenvalue weighted by Gasteiger charge is -2.00. The molecule has 4 heteroatoms. The first kappa shape index (κ1) is 13.8. The van der Waals surface area contributed by atoms with Crippen molar-refractivity contribution in [2.24, 2.45) is 0 Å². The second-order valence-electron chi connectivity index (χ2n) is 4.41. The molecule has 1 aromatic heterocycles. The lowest BCUT2D eigenvalue weighted by Crippen LogP contribution is -1.88. The van der Waals surface area contributed by atoms with Crippen LogP contribution >= 0.6 is 38.9 Å². The van der Waals surface area contributed by atoms with Crippen LogP contribution in [0.2, 0.25) is 5.02 Å². The van der Waals surface area contributed by atoms with E-state index in [-0.39, 0.29) is 0 Å². The van der Waals surface area contributed by atoms with Crippen LogP contribution in [0.3, 0.4) is 0 Å². The maximum atomic E-state index is 6.19. The first-order valence-electron chi connectivity index (χ1n) is 6.16. The first-order valence-corrected chi connectivity index (χ1v) is 8.21. The van der Waals surface area contributed by atoms with E-state index in [4.69, 9.17) is 16.6 Å². The number of benzene rings is 2. The molecule has 0 saturated heterocycles. The van der Waals surface area contributed by atoms with Crippen molar-refractivity contribution in [2.45, 2.75) is 6.42 Å². The molecule has 20 heavy (non-hydrogen) atoms. The summed E-state index contributed by atoms with van der Waals surface area (Å²) >= 11 is 11.3. The van der Waals surface area contributed by atoms with Crippen molar-refractivity contribution in [1.82, 2.24) is 4.98 Å². The van der Waals surface area contributed by atoms with Gasteiger partial charge in [0.05, 0.1) is 10.7 Å². The van der Waals surface area contributed by atoms with Gasteiger partial charge in [-0.1, -0.05) is 57.9 Å². The molecule has 0 atom stereocenters. The van der Waals surface area contributed by atoms with Gasteiger partial charge in [-0.05, 0) is 23.8 Å². The fraction of sp³-hybridized carbons (Fsp3) is 0.0625. The molecule has 1 nitrogen and oxygen atoms in total. The van der Waals surface area contributed by atoms with Crippen LogP contribution in [-0.4, -0.2) is 4.98 Å². The number of aromatic nitrogens is 1. The third-order valence-corrected chi connectivity index (χ3v) is 4.68. The van der Waals surface area contributed by atoms with Crippen LogP contribution in [0, 0.1) is 0 Å². The van der Waals surface area contributed by atoms with Gasteiger partial charge in [-0.3, -0.25) is 0 Å². The molecule has 1 heterocycles. The standard InChI is InChI=1S/C16H11BrClNS/c17-13-6-3-5-12(8-13)15-10-20-16(19-15)9-11-4-1-2-7-14(11)18/h1-8,10H,9H2. The summed E-state index contributed by atoms with van der Waals surface area (Å²) in [6.45, 7) is 0. The number of hydrogen-bond donors (Lipinski definition) is 0. The van der Waals surface area contributed by atoms with Crippen LogP contribution in [-0.2, 0) is 6.42 Å². The molecule has 3 aromatic rings. The Bertz CT molecular complexity index is 739. The van der Waals surface area contributed by atoms with Gasteiger partial charge in [-0.2, -0.15) is 0 Å². The normalized spacial score (nSPS) is 10.7. The molecule has 0 N–H and O–H groups in total. The zero-order chi connectivity index (χ0) is 13.9. The van der Waals surface area contributed by atoms with E-state index >= 15 is 0 Å². The average Bonchev–Trinajstić information content (AvgIpc) is 2.90. The Balaban J connectivity index is 1.86. The number of halogens is 2. The van der Waals surface area contributed by atoms with Crippen LogP contribution in [0.15, 0.2) is 58.4 Å². The van der Waals surface area contributed by atoms with Gasteiger partial charge in [0.2, 0.25) is 0 Å². The van der Waals surface area contributed by atoms with Gasteiger partial charge in [0.15, 0.2) is 0 Å². The maximum Gasteiger partial charge on any atom is 0.0977 e. The third-order valence-electron chi connectivity index (χ3n) is 2.97. The molecule has 0 unspecified atom stereocenters. The van der Waals surface area contributed by atoms with E-state index < -0.39 is 0 Å². The van der Waals surface area contributed by atoms with Crippen molar-refractivity contribution in [3.05, 3.63) is 74.0 Å². The minimum atomic E-state index is 0.776. The SMILES string of the molecule is Clc1ccccc1Cc1nc(-c2cccc(Br)c2)cs1. The molecule has 0 saturated carbocycles. The average molecular weight is 365 g/mol.